The topological polar surface area (TPSA) is 52.5 Å². The van der Waals surface area contributed by atoms with Gasteiger partial charge in [-0.2, -0.15) is 0 Å². The minimum Gasteiger partial charge on any atom is -0.394 e. The van der Waals surface area contributed by atoms with Crippen LogP contribution in [0.4, 0.5) is 0 Å². The predicted molar refractivity (Wildman–Crippen MR) is 39.4 cm³/mol. The van der Waals surface area contributed by atoms with Crippen LogP contribution in [0.2, 0.25) is 0 Å². The first-order valence-electron chi connectivity index (χ1n) is 3.24. The van der Waals surface area contributed by atoms with Gasteiger partial charge in [0.2, 0.25) is 0 Å². The summed E-state index contributed by atoms with van der Waals surface area (Å²) in [7, 11) is 0. The lowest BCUT2D eigenvalue weighted by Gasteiger charge is -2.06. The number of nitrogens with one attached hydrogen (secondary N) is 1. The molecule has 0 saturated carbocycles. The summed E-state index contributed by atoms with van der Waals surface area (Å²) in [4.78, 5) is 0. The Balaban J connectivity index is 2.98. The monoisotopic (exact) mass is 143 g/mol. The Hall–Kier alpha value is -0.560. The van der Waals surface area contributed by atoms with Gasteiger partial charge < -0.3 is 15.5 Å². The van der Waals surface area contributed by atoms with Gasteiger partial charge in [0.1, 0.15) is 0 Å². The fraction of sp³-hybridized carbons (Fsp3) is 0.714. The Labute approximate surface area is 61.1 Å². The van der Waals surface area contributed by atoms with E-state index in [4.69, 9.17) is 16.6 Å². The van der Waals surface area contributed by atoms with Crippen LogP contribution in [0.1, 0.15) is 6.42 Å². The fourth-order valence-corrected chi connectivity index (χ4v) is 0.494. The van der Waals surface area contributed by atoms with E-state index in [1.54, 1.807) is 0 Å². The third-order valence-corrected chi connectivity index (χ3v) is 1.04. The first-order chi connectivity index (χ1) is 4.81. The van der Waals surface area contributed by atoms with Gasteiger partial charge in [0.25, 0.3) is 0 Å². The van der Waals surface area contributed by atoms with E-state index in [1.165, 1.54) is 0 Å². The molecule has 0 spiro atoms. The summed E-state index contributed by atoms with van der Waals surface area (Å²) in [5.74, 6) is 2.45. The van der Waals surface area contributed by atoms with E-state index in [1.807, 2.05) is 0 Å². The van der Waals surface area contributed by atoms with E-state index in [2.05, 4.69) is 11.2 Å². The molecule has 3 nitrogen and oxygen atoms in total. The molecule has 0 aromatic carbocycles. The van der Waals surface area contributed by atoms with Crippen molar-refractivity contribution in [2.75, 3.05) is 19.7 Å². The van der Waals surface area contributed by atoms with Crippen LogP contribution in [0.25, 0.3) is 0 Å². The highest BCUT2D eigenvalue weighted by Crippen LogP contribution is 1.77. The molecular formula is C7H13NO2. The standard InChI is InChI=1S/C7H13NO2/c1-2-3-4-8-5-7(10)6-9/h1,7-10H,3-6H2. The second kappa shape index (κ2) is 6.56. The molecule has 1 atom stereocenters. The van der Waals surface area contributed by atoms with Crippen molar-refractivity contribution >= 4 is 0 Å². The number of hydrogen-bond acceptors (Lipinski definition) is 3. The highest BCUT2D eigenvalue weighted by molar-refractivity contribution is 4.84. The third-order valence-electron chi connectivity index (χ3n) is 1.04. The maximum atomic E-state index is 8.79. The second-order valence-electron chi connectivity index (χ2n) is 1.99. The first kappa shape index (κ1) is 9.44. The number of rotatable bonds is 5. The maximum absolute atomic E-state index is 8.79. The van der Waals surface area contributed by atoms with E-state index >= 15 is 0 Å². The molecule has 3 heteroatoms. The Kier molecular flexibility index (Phi) is 6.19. The van der Waals surface area contributed by atoms with Gasteiger partial charge in [-0.05, 0) is 0 Å². The molecule has 3 N–H and O–H groups in total. The van der Waals surface area contributed by atoms with Crippen LogP contribution < -0.4 is 5.32 Å². The van der Waals surface area contributed by atoms with Crippen LogP contribution in [0, 0.1) is 12.3 Å². The van der Waals surface area contributed by atoms with E-state index in [-0.39, 0.29) is 6.61 Å². The molecule has 0 amide bonds. The predicted octanol–water partition coefficient (Wildman–Crippen LogP) is -1.05. The zero-order valence-corrected chi connectivity index (χ0v) is 5.88. The molecular weight excluding hydrogens is 130 g/mol. The van der Waals surface area contributed by atoms with Gasteiger partial charge >= 0.3 is 0 Å². The van der Waals surface area contributed by atoms with Crippen LogP contribution in [0.15, 0.2) is 0 Å². The zero-order valence-electron chi connectivity index (χ0n) is 5.88. The Bertz CT molecular complexity index is 109. The number of aliphatic hydroxyl groups is 2. The van der Waals surface area contributed by atoms with Crippen LogP contribution >= 0.6 is 0 Å². The molecule has 0 fully saturated rings. The summed E-state index contributed by atoms with van der Waals surface area (Å²) in [5, 5.41) is 20.0. The largest absolute Gasteiger partial charge is 0.394 e. The fourth-order valence-electron chi connectivity index (χ4n) is 0.494. The highest BCUT2D eigenvalue weighted by Gasteiger charge is 1.98. The number of aliphatic hydroxyl groups excluding tert-OH is 2. The first-order valence-corrected chi connectivity index (χ1v) is 3.24. The van der Waals surface area contributed by atoms with E-state index in [0.29, 0.717) is 19.5 Å². The van der Waals surface area contributed by atoms with Gasteiger partial charge in [0, 0.05) is 19.5 Å². The molecule has 0 aliphatic heterocycles. The van der Waals surface area contributed by atoms with E-state index < -0.39 is 6.10 Å². The minimum atomic E-state index is -0.669. The zero-order chi connectivity index (χ0) is 7.82. The van der Waals surface area contributed by atoms with Crippen molar-refractivity contribution in [1.29, 1.82) is 0 Å². The SMILES string of the molecule is C#CCCNCC(O)CO. The van der Waals surface area contributed by atoms with E-state index in [9.17, 15) is 0 Å². The lowest BCUT2D eigenvalue weighted by atomic mass is 10.3. The van der Waals surface area contributed by atoms with Gasteiger partial charge in [0.15, 0.2) is 0 Å². The molecule has 1 unspecified atom stereocenters. The third kappa shape index (κ3) is 5.57. The van der Waals surface area contributed by atoms with Gasteiger partial charge in [-0.25, -0.2) is 0 Å². The van der Waals surface area contributed by atoms with Gasteiger partial charge in [-0.3, -0.25) is 0 Å². The van der Waals surface area contributed by atoms with Crippen LogP contribution in [0.5, 0.6) is 0 Å². The Morgan fingerprint density at radius 1 is 1.60 bits per heavy atom. The smallest absolute Gasteiger partial charge is 0.0894 e. The Morgan fingerprint density at radius 2 is 2.30 bits per heavy atom. The Morgan fingerprint density at radius 3 is 2.80 bits per heavy atom. The molecule has 0 aromatic heterocycles. The summed E-state index contributed by atoms with van der Waals surface area (Å²) in [6, 6.07) is 0. The van der Waals surface area contributed by atoms with Gasteiger partial charge in [0.05, 0.1) is 12.7 Å². The molecule has 0 radical (unpaired) electrons. The average Bonchev–Trinajstić information content (AvgIpc) is 1.98. The lowest BCUT2D eigenvalue weighted by Crippen LogP contribution is -2.29. The molecule has 0 bridgehead atoms. The minimum absolute atomic E-state index is 0.205. The van der Waals surface area contributed by atoms with Crippen LogP contribution in [-0.4, -0.2) is 36.0 Å². The quantitative estimate of drug-likeness (QED) is 0.340. The molecule has 0 rings (SSSR count). The number of hydrogen-bond donors (Lipinski definition) is 3. The molecule has 0 saturated heterocycles. The summed E-state index contributed by atoms with van der Waals surface area (Å²) in [5.41, 5.74) is 0. The van der Waals surface area contributed by atoms with Crippen molar-refractivity contribution in [3.05, 3.63) is 0 Å². The maximum Gasteiger partial charge on any atom is 0.0894 e. The van der Waals surface area contributed by atoms with Crippen molar-refractivity contribution in [2.45, 2.75) is 12.5 Å². The summed E-state index contributed by atoms with van der Waals surface area (Å²) < 4.78 is 0. The van der Waals surface area contributed by atoms with Crippen molar-refractivity contribution in [2.24, 2.45) is 0 Å². The lowest BCUT2D eigenvalue weighted by molar-refractivity contribution is 0.0948. The molecule has 10 heavy (non-hydrogen) atoms. The molecule has 0 aromatic rings. The van der Waals surface area contributed by atoms with E-state index in [0.717, 1.165) is 0 Å². The number of terminal acetylenes is 1. The van der Waals surface area contributed by atoms with Crippen LogP contribution in [-0.2, 0) is 0 Å². The average molecular weight is 143 g/mol. The van der Waals surface area contributed by atoms with Crippen molar-refractivity contribution in [1.82, 2.24) is 5.32 Å². The van der Waals surface area contributed by atoms with Crippen molar-refractivity contribution in [3.8, 4) is 12.3 Å². The van der Waals surface area contributed by atoms with Crippen LogP contribution in [0.3, 0.4) is 0 Å². The normalized spacial score (nSPS) is 12.5. The molecule has 0 aliphatic rings. The summed E-state index contributed by atoms with van der Waals surface area (Å²) in [6.45, 7) is 0.884. The summed E-state index contributed by atoms with van der Waals surface area (Å²) >= 11 is 0. The molecule has 0 aliphatic carbocycles. The highest BCUT2D eigenvalue weighted by atomic mass is 16.3. The van der Waals surface area contributed by atoms with Crippen molar-refractivity contribution in [3.63, 3.8) is 0 Å². The van der Waals surface area contributed by atoms with Gasteiger partial charge in [-0.1, -0.05) is 0 Å². The second-order valence-corrected chi connectivity index (χ2v) is 1.99. The van der Waals surface area contributed by atoms with Gasteiger partial charge in [-0.15, -0.1) is 12.3 Å². The van der Waals surface area contributed by atoms with Crippen molar-refractivity contribution < 1.29 is 10.2 Å². The molecule has 0 heterocycles. The molecule has 58 valence electrons. The summed E-state index contributed by atoms with van der Waals surface area (Å²) in [6.07, 6.45) is 4.96.